The number of nitrogens with one attached hydrogen (secondary N) is 1. The van der Waals surface area contributed by atoms with Crippen LogP contribution in [0.3, 0.4) is 0 Å². The van der Waals surface area contributed by atoms with Crippen LogP contribution in [0.5, 0.6) is 0 Å². The van der Waals surface area contributed by atoms with E-state index in [1.54, 1.807) is 11.3 Å². The highest BCUT2D eigenvalue weighted by atomic mass is 32.1. The molecule has 1 aliphatic carbocycles. The molecule has 1 fully saturated rings. The van der Waals surface area contributed by atoms with Crippen LogP contribution in [0, 0.1) is 5.92 Å². The Kier molecular flexibility index (Phi) is 3.72. The van der Waals surface area contributed by atoms with Crippen molar-refractivity contribution in [2.24, 2.45) is 5.92 Å². The predicted octanol–water partition coefficient (Wildman–Crippen LogP) is 1.57. The molecule has 0 saturated heterocycles. The van der Waals surface area contributed by atoms with Gasteiger partial charge in [-0.2, -0.15) is 0 Å². The number of hydrogen-bond donors (Lipinski definition) is 1. The first-order valence-corrected chi connectivity index (χ1v) is 6.47. The van der Waals surface area contributed by atoms with Gasteiger partial charge in [-0.1, -0.05) is 0 Å². The van der Waals surface area contributed by atoms with E-state index >= 15 is 0 Å². The largest absolute Gasteiger partial charge is 0.319 e. The van der Waals surface area contributed by atoms with Gasteiger partial charge in [0, 0.05) is 18.0 Å². The highest BCUT2D eigenvalue weighted by Gasteiger charge is 2.33. The summed E-state index contributed by atoms with van der Waals surface area (Å²) in [5.41, 5.74) is 3.12. The zero-order valence-electron chi connectivity index (χ0n) is 9.44. The van der Waals surface area contributed by atoms with Crippen LogP contribution in [0.2, 0.25) is 0 Å². The van der Waals surface area contributed by atoms with Gasteiger partial charge >= 0.3 is 0 Å². The summed E-state index contributed by atoms with van der Waals surface area (Å²) in [4.78, 5) is 6.77. The topological polar surface area (TPSA) is 28.2 Å². The van der Waals surface area contributed by atoms with Crippen molar-refractivity contribution in [2.75, 3.05) is 20.6 Å². The quantitative estimate of drug-likeness (QED) is 0.824. The molecule has 0 bridgehead atoms. The normalized spacial score (nSPS) is 25.5. The van der Waals surface area contributed by atoms with Crippen molar-refractivity contribution >= 4 is 11.3 Å². The van der Waals surface area contributed by atoms with Crippen molar-refractivity contribution in [3.05, 3.63) is 16.6 Å². The molecule has 3 nitrogen and oxygen atoms in total. The van der Waals surface area contributed by atoms with Crippen molar-refractivity contribution in [1.82, 2.24) is 15.2 Å². The summed E-state index contributed by atoms with van der Waals surface area (Å²) < 4.78 is 0. The summed E-state index contributed by atoms with van der Waals surface area (Å²) in [6.07, 6.45) is 2.71. The van der Waals surface area contributed by atoms with Gasteiger partial charge < -0.3 is 5.32 Å². The van der Waals surface area contributed by atoms with Crippen LogP contribution in [-0.2, 0) is 6.54 Å². The van der Waals surface area contributed by atoms with E-state index in [0.717, 1.165) is 25.0 Å². The lowest BCUT2D eigenvalue weighted by molar-refractivity contribution is 0.0785. The second-order valence-electron chi connectivity index (χ2n) is 4.36. The summed E-state index contributed by atoms with van der Waals surface area (Å²) in [5, 5.41) is 5.41. The van der Waals surface area contributed by atoms with Crippen LogP contribution < -0.4 is 5.32 Å². The number of aromatic nitrogens is 1. The lowest BCUT2D eigenvalue weighted by atomic mass is 9.78. The van der Waals surface area contributed by atoms with Crippen LogP contribution in [0.15, 0.2) is 10.9 Å². The van der Waals surface area contributed by atoms with Gasteiger partial charge in [-0.15, -0.1) is 11.3 Å². The zero-order chi connectivity index (χ0) is 10.7. The van der Waals surface area contributed by atoms with Crippen LogP contribution in [-0.4, -0.2) is 36.6 Å². The van der Waals surface area contributed by atoms with E-state index in [2.05, 4.69) is 27.6 Å². The molecule has 2 unspecified atom stereocenters. The first kappa shape index (κ1) is 11.0. The smallest absolute Gasteiger partial charge is 0.0795 e. The Morgan fingerprint density at radius 2 is 2.47 bits per heavy atom. The van der Waals surface area contributed by atoms with Crippen LogP contribution in [0.25, 0.3) is 0 Å². The molecular formula is C11H19N3S. The van der Waals surface area contributed by atoms with E-state index in [1.807, 2.05) is 12.6 Å². The highest BCUT2D eigenvalue weighted by molar-refractivity contribution is 7.07. The van der Waals surface area contributed by atoms with Crippen LogP contribution in [0.4, 0.5) is 0 Å². The molecule has 0 aliphatic heterocycles. The third-order valence-corrected chi connectivity index (χ3v) is 3.94. The lowest BCUT2D eigenvalue weighted by Crippen LogP contribution is -2.48. The van der Waals surface area contributed by atoms with Gasteiger partial charge in [0.15, 0.2) is 0 Å². The molecule has 1 heterocycles. The molecule has 2 rings (SSSR count). The van der Waals surface area contributed by atoms with Gasteiger partial charge in [-0.05, 0) is 39.4 Å². The van der Waals surface area contributed by atoms with Gasteiger partial charge in [0.25, 0.3) is 0 Å². The molecule has 2 atom stereocenters. The minimum Gasteiger partial charge on any atom is -0.319 e. The fourth-order valence-corrected chi connectivity index (χ4v) is 2.87. The number of thiazole rings is 1. The maximum absolute atomic E-state index is 4.33. The molecule has 0 aromatic carbocycles. The SMILES string of the molecule is CNCC1CCC1N(C)Cc1cscn1. The van der Waals surface area contributed by atoms with Gasteiger partial charge in [-0.25, -0.2) is 4.98 Å². The zero-order valence-corrected chi connectivity index (χ0v) is 10.3. The third kappa shape index (κ3) is 2.56. The summed E-state index contributed by atoms with van der Waals surface area (Å²) in [7, 11) is 4.25. The monoisotopic (exact) mass is 225 g/mol. The molecule has 1 aliphatic rings. The summed E-state index contributed by atoms with van der Waals surface area (Å²) >= 11 is 1.68. The van der Waals surface area contributed by atoms with Gasteiger partial charge in [-0.3, -0.25) is 4.90 Å². The molecule has 0 spiro atoms. The number of nitrogens with zero attached hydrogens (tertiary/aromatic N) is 2. The molecule has 0 radical (unpaired) electrons. The van der Waals surface area contributed by atoms with E-state index in [4.69, 9.17) is 0 Å². The molecule has 1 saturated carbocycles. The van der Waals surface area contributed by atoms with Gasteiger partial charge in [0.05, 0.1) is 11.2 Å². The van der Waals surface area contributed by atoms with Crippen molar-refractivity contribution in [2.45, 2.75) is 25.4 Å². The molecule has 4 heteroatoms. The van der Waals surface area contributed by atoms with Crippen molar-refractivity contribution in [3.8, 4) is 0 Å². The summed E-state index contributed by atoms with van der Waals surface area (Å²) in [5.74, 6) is 0.832. The van der Waals surface area contributed by atoms with E-state index in [1.165, 1.54) is 18.5 Å². The second kappa shape index (κ2) is 5.05. The molecule has 1 N–H and O–H groups in total. The van der Waals surface area contributed by atoms with E-state index < -0.39 is 0 Å². The minimum atomic E-state index is 0.749. The molecular weight excluding hydrogens is 206 g/mol. The Morgan fingerprint density at radius 3 is 3.00 bits per heavy atom. The predicted molar refractivity (Wildman–Crippen MR) is 64.0 cm³/mol. The number of hydrogen-bond acceptors (Lipinski definition) is 4. The fraction of sp³-hybridized carbons (Fsp3) is 0.727. The first-order valence-electron chi connectivity index (χ1n) is 5.53. The minimum absolute atomic E-state index is 0.749. The Hall–Kier alpha value is -0.450. The van der Waals surface area contributed by atoms with Crippen molar-refractivity contribution in [3.63, 3.8) is 0 Å². The summed E-state index contributed by atoms with van der Waals surface area (Å²) in [6, 6.07) is 0.749. The van der Waals surface area contributed by atoms with E-state index in [-0.39, 0.29) is 0 Å². The van der Waals surface area contributed by atoms with Gasteiger partial charge in [0.2, 0.25) is 0 Å². The molecule has 15 heavy (non-hydrogen) atoms. The Balaban J connectivity index is 1.83. The van der Waals surface area contributed by atoms with Crippen molar-refractivity contribution < 1.29 is 0 Å². The maximum Gasteiger partial charge on any atom is 0.0795 e. The molecule has 1 aromatic rings. The van der Waals surface area contributed by atoms with Gasteiger partial charge in [0.1, 0.15) is 0 Å². The van der Waals surface area contributed by atoms with E-state index in [0.29, 0.717) is 0 Å². The Labute approximate surface area is 95.5 Å². The number of rotatable bonds is 5. The van der Waals surface area contributed by atoms with Crippen LogP contribution in [0.1, 0.15) is 18.5 Å². The maximum atomic E-state index is 4.33. The average Bonchev–Trinajstić information content (AvgIpc) is 2.64. The molecule has 0 amide bonds. The highest BCUT2D eigenvalue weighted by Crippen LogP contribution is 2.31. The van der Waals surface area contributed by atoms with Crippen molar-refractivity contribution in [1.29, 1.82) is 0 Å². The third-order valence-electron chi connectivity index (χ3n) is 3.30. The molecule has 1 aromatic heterocycles. The van der Waals surface area contributed by atoms with Crippen LogP contribution >= 0.6 is 11.3 Å². The molecule has 84 valence electrons. The summed E-state index contributed by atoms with van der Waals surface area (Å²) in [6.45, 7) is 2.14. The first-order chi connectivity index (χ1) is 7.31. The Morgan fingerprint density at radius 1 is 1.60 bits per heavy atom. The Bertz CT molecular complexity index is 286. The average molecular weight is 225 g/mol. The van der Waals surface area contributed by atoms with E-state index in [9.17, 15) is 0 Å². The lowest BCUT2D eigenvalue weighted by Gasteiger charge is -2.42. The standard InChI is InChI=1S/C11H19N3S/c1-12-5-9-3-4-11(9)14(2)6-10-7-15-8-13-10/h7-9,11-12H,3-6H2,1-2H3. The fourth-order valence-electron chi connectivity index (χ4n) is 2.32. The second-order valence-corrected chi connectivity index (χ2v) is 5.08.